The smallest absolute Gasteiger partial charge is 0.138 e. The van der Waals surface area contributed by atoms with Crippen molar-refractivity contribution < 1.29 is 9.84 Å². The Morgan fingerprint density at radius 3 is 2.87 bits per heavy atom. The minimum absolute atomic E-state index is 0.481. The van der Waals surface area contributed by atoms with E-state index < -0.39 is 6.10 Å². The van der Waals surface area contributed by atoms with Crippen LogP contribution >= 0.6 is 11.6 Å². The minimum Gasteiger partial charge on any atom is -0.492 e. The molecule has 0 radical (unpaired) electrons. The number of hydrogen-bond acceptors (Lipinski definition) is 2. The van der Waals surface area contributed by atoms with E-state index in [0.29, 0.717) is 16.7 Å². The Balaban J connectivity index is 2.08. The molecule has 3 heteroatoms. The van der Waals surface area contributed by atoms with Crippen LogP contribution in [0.1, 0.15) is 31.4 Å². The van der Waals surface area contributed by atoms with E-state index in [9.17, 15) is 5.11 Å². The third-order valence-corrected chi connectivity index (χ3v) is 2.92. The fourth-order valence-electron chi connectivity index (χ4n) is 1.38. The molecule has 0 saturated heterocycles. The van der Waals surface area contributed by atoms with Crippen molar-refractivity contribution in [1.82, 2.24) is 0 Å². The van der Waals surface area contributed by atoms with Crippen molar-refractivity contribution >= 4 is 11.6 Å². The Labute approximate surface area is 94.8 Å². The summed E-state index contributed by atoms with van der Waals surface area (Å²) in [4.78, 5) is 0. The maximum absolute atomic E-state index is 9.43. The first-order valence-corrected chi connectivity index (χ1v) is 5.65. The average molecular weight is 227 g/mol. The zero-order chi connectivity index (χ0) is 10.8. The fourth-order valence-corrected chi connectivity index (χ4v) is 1.55. The van der Waals surface area contributed by atoms with Crippen LogP contribution in [-0.2, 0) is 0 Å². The third kappa shape index (κ3) is 2.86. The van der Waals surface area contributed by atoms with Crippen molar-refractivity contribution in [2.45, 2.75) is 25.9 Å². The number of aliphatic hydroxyl groups is 1. The van der Waals surface area contributed by atoms with E-state index in [1.54, 1.807) is 13.0 Å². The molecule has 0 aliphatic heterocycles. The van der Waals surface area contributed by atoms with Crippen LogP contribution in [0.25, 0.3) is 0 Å². The number of aliphatic hydroxyl groups excluding tert-OH is 1. The summed E-state index contributed by atoms with van der Waals surface area (Å²) in [5.41, 5.74) is 0.838. The topological polar surface area (TPSA) is 29.5 Å². The number of ether oxygens (including phenoxy) is 1. The zero-order valence-corrected chi connectivity index (χ0v) is 9.50. The van der Waals surface area contributed by atoms with Crippen LogP contribution in [0.5, 0.6) is 5.75 Å². The molecule has 1 saturated carbocycles. The molecule has 2 rings (SSSR count). The summed E-state index contributed by atoms with van der Waals surface area (Å²) in [5.74, 6) is 1.39. The SMILES string of the molecule is CC(O)c1ccc(Cl)c(OCC2CC2)c1. The first kappa shape index (κ1) is 10.8. The van der Waals surface area contributed by atoms with Gasteiger partial charge in [-0.05, 0) is 43.4 Å². The second-order valence-electron chi connectivity index (χ2n) is 4.12. The van der Waals surface area contributed by atoms with Crippen molar-refractivity contribution in [3.8, 4) is 5.75 Å². The summed E-state index contributed by atoms with van der Waals surface area (Å²) in [6.45, 7) is 2.47. The number of rotatable bonds is 4. The van der Waals surface area contributed by atoms with Crippen LogP contribution in [0.15, 0.2) is 18.2 Å². The maximum atomic E-state index is 9.43. The van der Waals surface area contributed by atoms with Gasteiger partial charge in [-0.25, -0.2) is 0 Å². The number of halogens is 1. The molecule has 1 atom stereocenters. The van der Waals surface area contributed by atoms with E-state index in [2.05, 4.69) is 0 Å². The molecule has 1 aromatic carbocycles. The molecule has 1 unspecified atom stereocenters. The molecular formula is C12H15ClO2. The van der Waals surface area contributed by atoms with Crippen molar-refractivity contribution in [2.24, 2.45) is 5.92 Å². The number of hydrogen-bond donors (Lipinski definition) is 1. The van der Waals surface area contributed by atoms with Gasteiger partial charge < -0.3 is 9.84 Å². The van der Waals surface area contributed by atoms with Gasteiger partial charge in [0.1, 0.15) is 5.75 Å². The molecule has 82 valence electrons. The van der Waals surface area contributed by atoms with Crippen LogP contribution in [0.3, 0.4) is 0 Å². The van der Waals surface area contributed by atoms with E-state index in [4.69, 9.17) is 16.3 Å². The van der Waals surface area contributed by atoms with E-state index in [-0.39, 0.29) is 0 Å². The molecule has 0 heterocycles. The Morgan fingerprint density at radius 1 is 1.53 bits per heavy atom. The van der Waals surface area contributed by atoms with Crippen molar-refractivity contribution in [2.75, 3.05) is 6.61 Å². The summed E-state index contributed by atoms with van der Waals surface area (Å²) >= 11 is 6.00. The molecule has 15 heavy (non-hydrogen) atoms. The first-order chi connectivity index (χ1) is 7.16. The summed E-state index contributed by atoms with van der Waals surface area (Å²) in [6, 6.07) is 5.40. The molecule has 1 aliphatic rings. The lowest BCUT2D eigenvalue weighted by molar-refractivity contribution is 0.198. The molecular weight excluding hydrogens is 212 g/mol. The fraction of sp³-hybridized carbons (Fsp3) is 0.500. The van der Waals surface area contributed by atoms with Crippen LogP contribution < -0.4 is 4.74 Å². The lowest BCUT2D eigenvalue weighted by atomic mass is 10.1. The summed E-state index contributed by atoms with van der Waals surface area (Å²) < 4.78 is 5.61. The highest BCUT2D eigenvalue weighted by molar-refractivity contribution is 6.32. The van der Waals surface area contributed by atoms with E-state index in [1.165, 1.54) is 12.8 Å². The summed E-state index contributed by atoms with van der Waals surface area (Å²) in [6.07, 6.45) is 2.03. The Hall–Kier alpha value is -0.730. The van der Waals surface area contributed by atoms with Crippen molar-refractivity contribution in [1.29, 1.82) is 0 Å². The van der Waals surface area contributed by atoms with Crippen molar-refractivity contribution in [3.63, 3.8) is 0 Å². The van der Waals surface area contributed by atoms with E-state index >= 15 is 0 Å². The van der Waals surface area contributed by atoms with Crippen LogP contribution in [0.4, 0.5) is 0 Å². The predicted molar refractivity (Wildman–Crippen MR) is 60.3 cm³/mol. The van der Waals surface area contributed by atoms with E-state index in [0.717, 1.165) is 12.2 Å². The quantitative estimate of drug-likeness (QED) is 0.855. The molecule has 1 fully saturated rings. The lowest BCUT2D eigenvalue weighted by Gasteiger charge is -2.10. The van der Waals surface area contributed by atoms with Gasteiger partial charge in [0.05, 0.1) is 17.7 Å². The number of benzene rings is 1. The Kier molecular flexibility index (Phi) is 3.17. The second-order valence-corrected chi connectivity index (χ2v) is 4.53. The molecule has 2 nitrogen and oxygen atoms in total. The molecule has 1 aliphatic carbocycles. The molecule has 0 aromatic heterocycles. The van der Waals surface area contributed by atoms with Gasteiger partial charge in [0.25, 0.3) is 0 Å². The van der Waals surface area contributed by atoms with Gasteiger partial charge in [0.15, 0.2) is 0 Å². The van der Waals surface area contributed by atoms with Gasteiger partial charge in [0.2, 0.25) is 0 Å². The Bertz CT molecular complexity index is 345. The predicted octanol–water partition coefficient (Wildman–Crippen LogP) is 3.18. The highest BCUT2D eigenvalue weighted by atomic mass is 35.5. The monoisotopic (exact) mass is 226 g/mol. The van der Waals surface area contributed by atoms with Gasteiger partial charge in [0, 0.05) is 0 Å². The molecule has 0 bridgehead atoms. The standard InChI is InChI=1S/C12H15ClO2/c1-8(14)10-4-5-11(13)12(6-10)15-7-9-2-3-9/h4-6,8-9,14H,2-3,7H2,1H3. The van der Waals surface area contributed by atoms with Crippen LogP contribution in [0.2, 0.25) is 5.02 Å². The first-order valence-electron chi connectivity index (χ1n) is 5.27. The molecule has 1 N–H and O–H groups in total. The highest BCUT2D eigenvalue weighted by Gasteiger charge is 2.22. The van der Waals surface area contributed by atoms with Gasteiger partial charge in [-0.1, -0.05) is 17.7 Å². The van der Waals surface area contributed by atoms with Gasteiger partial charge in [-0.3, -0.25) is 0 Å². The maximum Gasteiger partial charge on any atom is 0.138 e. The molecule has 0 spiro atoms. The Morgan fingerprint density at radius 2 is 2.27 bits per heavy atom. The third-order valence-electron chi connectivity index (χ3n) is 2.61. The van der Waals surface area contributed by atoms with Crippen molar-refractivity contribution in [3.05, 3.63) is 28.8 Å². The largest absolute Gasteiger partial charge is 0.492 e. The summed E-state index contributed by atoms with van der Waals surface area (Å²) in [7, 11) is 0. The van der Waals surface area contributed by atoms with Gasteiger partial charge >= 0.3 is 0 Å². The minimum atomic E-state index is -0.481. The van der Waals surface area contributed by atoms with Gasteiger partial charge in [-0.15, -0.1) is 0 Å². The highest BCUT2D eigenvalue weighted by Crippen LogP contribution is 2.32. The molecule has 1 aromatic rings. The average Bonchev–Trinajstić information content (AvgIpc) is 3.00. The zero-order valence-electron chi connectivity index (χ0n) is 8.74. The van der Waals surface area contributed by atoms with Gasteiger partial charge in [-0.2, -0.15) is 0 Å². The van der Waals surface area contributed by atoms with E-state index in [1.807, 2.05) is 12.1 Å². The van der Waals surface area contributed by atoms with Crippen LogP contribution in [0, 0.1) is 5.92 Å². The lowest BCUT2D eigenvalue weighted by Crippen LogP contribution is -2.00. The molecule has 0 amide bonds. The summed E-state index contributed by atoms with van der Waals surface area (Å²) in [5, 5.41) is 10.0. The normalized spacial score (nSPS) is 17.5. The van der Waals surface area contributed by atoms with Crippen LogP contribution in [-0.4, -0.2) is 11.7 Å². The second kappa shape index (κ2) is 4.42.